The predicted molar refractivity (Wildman–Crippen MR) is 84.9 cm³/mol. The first-order valence-corrected chi connectivity index (χ1v) is 7.70. The minimum absolute atomic E-state index is 0.107. The molecule has 0 radical (unpaired) electrons. The molecule has 2 aromatic rings. The predicted octanol–water partition coefficient (Wildman–Crippen LogP) is 2.19. The Kier molecular flexibility index (Phi) is 4.17. The first-order valence-electron chi connectivity index (χ1n) is 7.70. The third kappa shape index (κ3) is 3.20. The third-order valence-electron chi connectivity index (χ3n) is 4.07. The summed E-state index contributed by atoms with van der Waals surface area (Å²) in [4.78, 5) is 28.1. The highest BCUT2D eigenvalue weighted by atomic mass is 19.3. The van der Waals surface area contributed by atoms with Crippen molar-refractivity contribution in [3.63, 3.8) is 0 Å². The van der Waals surface area contributed by atoms with Gasteiger partial charge in [-0.1, -0.05) is 18.2 Å². The number of aromatic nitrogens is 1. The number of pyridine rings is 1. The second-order valence-electron chi connectivity index (χ2n) is 5.95. The molecule has 2 amide bonds. The number of hydrogen-bond donors (Lipinski definition) is 2. The number of nitrogens with one attached hydrogen (secondary N) is 2. The van der Waals surface area contributed by atoms with Gasteiger partial charge in [-0.15, -0.1) is 0 Å². The van der Waals surface area contributed by atoms with Gasteiger partial charge in [-0.05, 0) is 25.5 Å². The van der Waals surface area contributed by atoms with Crippen molar-refractivity contribution in [1.82, 2.24) is 15.6 Å². The summed E-state index contributed by atoms with van der Waals surface area (Å²) in [7, 11) is 0. The third-order valence-corrected chi connectivity index (χ3v) is 4.07. The number of alkyl halides is 2. The van der Waals surface area contributed by atoms with Crippen molar-refractivity contribution in [2.75, 3.05) is 6.54 Å². The van der Waals surface area contributed by atoms with Crippen LogP contribution in [-0.2, 0) is 4.79 Å². The number of nitrogens with zero attached hydrogens (tertiary/aromatic N) is 1. The molecule has 1 unspecified atom stereocenters. The number of carbonyl (C=O) groups excluding carboxylic acids is 2. The Hall–Kier alpha value is -2.57. The standard InChI is InChI=1S/C17H17F2N3O2/c1-10-8-13(12-4-2-3-5-14(12)21-10)15(23)20-9-11-6-7-17(18,19)16(24)22-11/h2-5,8,11H,6-7,9H2,1H3,(H,20,23)(H,22,24). The average molecular weight is 333 g/mol. The van der Waals surface area contributed by atoms with Gasteiger partial charge in [0.05, 0.1) is 11.1 Å². The zero-order valence-electron chi connectivity index (χ0n) is 13.1. The molecule has 7 heteroatoms. The Bertz CT molecular complexity index is 808. The number of amides is 2. The quantitative estimate of drug-likeness (QED) is 0.904. The second-order valence-corrected chi connectivity index (χ2v) is 5.95. The number of benzene rings is 1. The van der Waals surface area contributed by atoms with Crippen LogP contribution in [-0.4, -0.2) is 35.3 Å². The molecule has 3 rings (SSSR count). The van der Waals surface area contributed by atoms with Crippen LogP contribution < -0.4 is 10.6 Å². The van der Waals surface area contributed by atoms with Crippen molar-refractivity contribution in [2.24, 2.45) is 0 Å². The van der Waals surface area contributed by atoms with Crippen LogP contribution in [0.2, 0.25) is 0 Å². The van der Waals surface area contributed by atoms with E-state index in [9.17, 15) is 18.4 Å². The van der Waals surface area contributed by atoms with Crippen LogP contribution in [0.4, 0.5) is 8.78 Å². The van der Waals surface area contributed by atoms with Crippen LogP contribution in [0.15, 0.2) is 30.3 Å². The summed E-state index contributed by atoms with van der Waals surface area (Å²) in [6.45, 7) is 1.91. The summed E-state index contributed by atoms with van der Waals surface area (Å²) >= 11 is 0. The van der Waals surface area contributed by atoms with E-state index in [2.05, 4.69) is 15.6 Å². The number of hydrogen-bond acceptors (Lipinski definition) is 3. The molecular formula is C17H17F2N3O2. The Morgan fingerprint density at radius 2 is 2.17 bits per heavy atom. The molecule has 1 atom stereocenters. The van der Waals surface area contributed by atoms with E-state index in [-0.39, 0.29) is 18.9 Å². The fourth-order valence-electron chi connectivity index (χ4n) is 2.79. The second kappa shape index (κ2) is 6.14. The molecule has 2 N–H and O–H groups in total. The smallest absolute Gasteiger partial charge is 0.324 e. The minimum atomic E-state index is -3.32. The summed E-state index contributed by atoms with van der Waals surface area (Å²) in [5.41, 5.74) is 1.91. The molecule has 24 heavy (non-hydrogen) atoms. The molecule has 0 saturated carbocycles. The van der Waals surface area contributed by atoms with E-state index < -0.39 is 24.3 Å². The van der Waals surface area contributed by atoms with Gasteiger partial charge in [0, 0.05) is 30.1 Å². The van der Waals surface area contributed by atoms with E-state index in [1.54, 1.807) is 19.1 Å². The van der Waals surface area contributed by atoms with E-state index in [1.165, 1.54) is 0 Å². The Morgan fingerprint density at radius 3 is 2.92 bits per heavy atom. The fourth-order valence-corrected chi connectivity index (χ4v) is 2.79. The summed E-state index contributed by atoms with van der Waals surface area (Å²) in [5.74, 6) is -4.92. The molecule has 1 aliphatic heterocycles. The van der Waals surface area contributed by atoms with Crippen LogP contribution in [0.3, 0.4) is 0 Å². The molecule has 1 aromatic heterocycles. The van der Waals surface area contributed by atoms with Crippen LogP contribution in [0.5, 0.6) is 0 Å². The van der Waals surface area contributed by atoms with Crippen molar-refractivity contribution < 1.29 is 18.4 Å². The monoisotopic (exact) mass is 333 g/mol. The van der Waals surface area contributed by atoms with E-state index in [0.717, 1.165) is 5.39 Å². The van der Waals surface area contributed by atoms with E-state index in [4.69, 9.17) is 0 Å². The van der Waals surface area contributed by atoms with Gasteiger partial charge in [-0.3, -0.25) is 14.6 Å². The highest BCUT2D eigenvalue weighted by Crippen LogP contribution is 2.25. The summed E-state index contributed by atoms with van der Waals surface area (Å²) in [6.07, 6.45) is -0.383. The molecule has 1 aliphatic rings. The minimum Gasteiger partial charge on any atom is -0.350 e. The van der Waals surface area contributed by atoms with Gasteiger partial charge in [0.15, 0.2) is 0 Å². The van der Waals surface area contributed by atoms with Gasteiger partial charge in [0.1, 0.15) is 0 Å². The molecule has 1 fully saturated rings. The van der Waals surface area contributed by atoms with Gasteiger partial charge in [-0.2, -0.15) is 8.78 Å². The maximum Gasteiger partial charge on any atom is 0.324 e. The largest absolute Gasteiger partial charge is 0.350 e. The molecule has 126 valence electrons. The lowest BCUT2D eigenvalue weighted by molar-refractivity contribution is -0.151. The molecule has 2 heterocycles. The molecular weight excluding hydrogens is 316 g/mol. The Morgan fingerprint density at radius 1 is 1.42 bits per heavy atom. The number of carbonyl (C=O) groups is 2. The molecule has 0 spiro atoms. The maximum absolute atomic E-state index is 13.1. The number of fused-ring (bicyclic) bond motifs is 1. The topological polar surface area (TPSA) is 71.1 Å². The van der Waals surface area contributed by atoms with E-state index in [1.807, 2.05) is 18.2 Å². The normalized spacial score (nSPS) is 19.8. The Labute approximate surface area is 137 Å². The fraction of sp³-hybridized carbons (Fsp3) is 0.353. The van der Waals surface area contributed by atoms with Crippen LogP contribution in [0.1, 0.15) is 28.9 Å². The van der Waals surface area contributed by atoms with Crippen LogP contribution >= 0.6 is 0 Å². The lowest BCUT2D eigenvalue weighted by atomic mass is 10.0. The zero-order chi connectivity index (χ0) is 17.3. The molecule has 1 aromatic carbocycles. The van der Waals surface area contributed by atoms with Gasteiger partial charge in [0.25, 0.3) is 11.8 Å². The van der Waals surface area contributed by atoms with Crippen LogP contribution in [0.25, 0.3) is 10.9 Å². The molecule has 0 bridgehead atoms. The maximum atomic E-state index is 13.1. The van der Waals surface area contributed by atoms with Crippen molar-refractivity contribution in [1.29, 1.82) is 0 Å². The first-order chi connectivity index (χ1) is 11.4. The zero-order valence-corrected chi connectivity index (χ0v) is 13.1. The molecule has 5 nitrogen and oxygen atoms in total. The van der Waals surface area contributed by atoms with Gasteiger partial charge < -0.3 is 10.6 Å². The number of halogens is 2. The lowest BCUT2D eigenvalue weighted by Crippen LogP contribution is -2.54. The van der Waals surface area contributed by atoms with Crippen LogP contribution in [0, 0.1) is 6.92 Å². The highest BCUT2D eigenvalue weighted by Gasteiger charge is 2.43. The number of para-hydroxylation sites is 1. The van der Waals surface area contributed by atoms with Gasteiger partial charge in [0.2, 0.25) is 0 Å². The van der Waals surface area contributed by atoms with Crippen molar-refractivity contribution in [3.8, 4) is 0 Å². The van der Waals surface area contributed by atoms with Crippen molar-refractivity contribution in [2.45, 2.75) is 31.7 Å². The SMILES string of the molecule is Cc1cc(C(=O)NCC2CCC(F)(F)C(=O)N2)c2ccccc2n1. The first kappa shape index (κ1) is 16.3. The summed E-state index contributed by atoms with van der Waals surface area (Å²) < 4.78 is 26.3. The van der Waals surface area contributed by atoms with Gasteiger partial charge in [-0.25, -0.2) is 0 Å². The number of rotatable bonds is 3. The average Bonchev–Trinajstić information content (AvgIpc) is 2.55. The van der Waals surface area contributed by atoms with E-state index in [0.29, 0.717) is 16.8 Å². The summed E-state index contributed by atoms with van der Waals surface area (Å²) in [6, 6.07) is 8.48. The Balaban J connectivity index is 1.71. The van der Waals surface area contributed by atoms with Crippen molar-refractivity contribution in [3.05, 3.63) is 41.6 Å². The highest BCUT2D eigenvalue weighted by molar-refractivity contribution is 6.06. The number of piperidine rings is 1. The lowest BCUT2D eigenvalue weighted by Gasteiger charge is -2.28. The van der Waals surface area contributed by atoms with Gasteiger partial charge >= 0.3 is 5.92 Å². The van der Waals surface area contributed by atoms with E-state index >= 15 is 0 Å². The number of aryl methyl sites for hydroxylation is 1. The summed E-state index contributed by atoms with van der Waals surface area (Å²) in [5, 5.41) is 5.68. The molecule has 1 saturated heterocycles. The van der Waals surface area contributed by atoms with Crippen molar-refractivity contribution >= 4 is 22.7 Å². The molecule has 0 aliphatic carbocycles.